The molecule has 2 heterocycles. The van der Waals surface area contributed by atoms with Crippen LogP contribution in [0.25, 0.3) is 33.5 Å². The van der Waals surface area contributed by atoms with Gasteiger partial charge in [-0.1, -0.05) is 12.1 Å². The molecule has 0 saturated heterocycles. The highest BCUT2D eigenvalue weighted by Gasteiger charge is 2.15. The number of carbonyl (C=O) groups is 1. The maximum atomic E-state index is 11.5. The largest absolute Gasteiger partial charge is 0.478 e. The first-order valence-electron chi connectivity index (χ1n) is 7.56. The van der Waals surface area contributed by atoms with E-state index in [1.165, 1.54) is 6.26 Å². The van der Waals surface area contributed by atoms with Gasteiger partial charge in [-0.2, -0.15) is 0 Å². The lowest BCUT2D eigenvalue weighted by Crippen LogP contribution is -2.00. The second-order valence-corrected chi connectivity index (χ2v) is 5.50. The number of fused-ring (bicyclic) bond motifs is 1. The summed E-state index contributed by atoms with van der Waals surface area (Å²) in [4.78, 5) is 19.8. The van der Waals surface area contributed by atoms with Crippen molar-refractivity contribution in [1.29, 1.82) is 0 Å². The van der Waals surface area contributed by atoms with Gasteiger partial charge in [-0.05, 0) is 35.9 Å². The smallest absolute Gasteiger partial charge is 0.337 e. The molecule has 0 aliphatic heterocycles. The molecule has 6 nitrogen and oxygen atoms in total. The van der Waals surface area contributed by atoms with E-state index in [0.29, 0.717) is 17.1 Å². The Morgan fingerprint density at radius 2 is 1.92 bits per heavy atom. The molecule has 0 atom stereocenters. The normalized spacial score (nSPS) is 10.9. The maximum absolute atomic E-state index is 11.5. The quantitative estimate of drug-likeness (QED) is 0.553. The van der Waals surface area contributed by atoms with E-state index in [-0.39, 0.29) is 5.56 Å². The average molecular weight is 331 g/mol. The van der Waals surface area contributed by atoms with Crippen LogP contribution in [0.1, 0.15) is 10.4 Å². The summed E-state index contributed by atoms with van der Waals surface area (Å²) >= 11 is 0. The van der Waals surface area contributed by atoms with Gasteiger partial charge in [0.05, 0.1) is 17.3 Å². The Labute approximate surface area is 142 Å². The number of hydrogen-bond acceptors (Lipinski definition) is 5. The Morgan fingerprint density at radius 1 is 1.04 bits per heavy atom. The van der Waals surface area contributed by atoms with E-state index in [4.69, 9.17) is 10.2 Å². The van der Waals surface area contributed by atoms with Crippen molar-refractivity contribution in [3.63, 3.8) is 0 Å². The molecule has 0 aliphatic rings. The van der Waals surface area contributed by atoms with Crippen molar-refractivity contribution in [3.8, 4) is 22.6 Å². The van der Waals surface area contributed by atoms with Crippen molar-refractivity contribution in [2.75, 3.05) is 5.73 Å². The molecule has 6 heteroatoms. The summed E-state index contributed by atoms with van der Waals surface area (Å²) in [6.45, 7) is 0. The predicted molar refractivity (Wildman–Crippen MR) is 94.0 cm³/mol. The van der Waals surface area contributed by atoms with Gasteiger partial charge < -0.3 is 15.3 Å². The molecule has 4 rings (SSSR count). The molecule has 0 aliphatic carbocycles. The molecule has 0 unspecified atom stereocenters. The number of carboxylic acids is 1. The summed E-state index contributed by atoms with van der Waals surface area (Å²) < 4.78 is 5.35. The number of anilines is 1. The number of oxazole rings is 1. The Balaban J connectivity index is 1.98. The molecule has 2 aromatic carbocycles. The van der Waals surface area contributed by atoms with Gasteiger partial charge in [0.15, 0.2) is 0 Å². The topological polar surface area (TPSA) is 102 Å². The monoisotopic (exact) mass is 331 g/mol. The van der Waals surface area contributed by atoms with Gasteiger partial charge in [-0.15, -0.1) is 0 Å². The van der Waals surface area contributed by atoms with Crippen LogP contribution in [-0.4, -0.2) is 21.0 Å². The molecule has 25 heavy (non-hydrogen) atoms. The van der Waals surface area contributed by atoms with Crippen LogP contribution in [0, 0.1) is 0 Å². The molecule has 4 aromatic rings. The van der Waals surface area contributed by atoms with E-state index in [9.17, 15) is 9.90 Å². The Kier molecular flexibility index (Phi) is 3.43. The Bertz CT molecular complexity index is 1090. The van der Waals surface area contributed by atoms with E-state index in [1.807, 2.05) is 18.2 Å². The van der Waals surface area contributed by atoms with Gasteiger partial charge >= 0.3 is 5.97 Å². The number of rotatable bonds is 3. The summed E-state index contributed by atoms with van der Waals surface area (Å²) in [5, 5.41) is 10.1. The fourth-order valence-corrected chi connectivity index (χ4v) is 2.87. The van der Waals surface area contributed by atoms with E-state index < -0.39 is 5.97 Å². The van der Waals surface area contributed by atoms with Gasteiger partial charge in [-0.3, -0.25) is 4.98 Å². The van der Waals surface area contributed by atoms with Crippen molar-refractivity contribution in [3.05, 3.63) is 66.7 Å². The second kappa shape index (κ2) is 5.76. The Hall–Kier alpha value is -3.67. The summed E-state index contributed by atoms with van der Waals surface area (Å²) in [6, 6.07) is 12.4. The van der Waals surface area contributed by atoms with Crippen LogP contribution in [0.4, 0.5) is 5.69 Å². The van der Waals surface area contributed by atoms with Crippen LogP contribution in [0.15, 0.2) is 65.5 Å². The molecule has 122 valence electrons. The number of carboxylic acid groups (broad SMARTS) is 1. The van der Waals surface area contributed by atoms with E-state index in [1.54, 1.807) is 36.7 Å². The van der Waals surface area contributed by atoms with Crippen LogP contribution >= 0.6 is 0 Å². The minimum Gasteiger partial charge on any atom is -0.478 e. The first kappa shape index (κ1) is 14.9. The van der Waals surface area contributed by atoms with Crippen molar-refractivity contribution < 1.29 is 14.3 Å². The van der Waals surface area contributed by atoms with E-state index in [2.05, 4.69) is 9.97 Å². The van der Waals surface area contributed by atoms with E-state index >= 15 is 0 Å². The molecular weight excluding hydrogens is 318 g/mol. The van der Waals surface area contributed by atoms with Crippen LogP contribution in [-0.2, 0) is 0 Å². The number of aromatic nitrogens is 2. The van der Waals surface area contributed by atoms with Gasteiger partial charge in [-0.25, -0.2) is 9.78 Å². The third-order valence-electron chi connectivity index (χ3n) is 4.02. The van der Waals surface area contributed by atoms with E-state index in [0.717, 1.165) is 22.1 Å². The third-order valence-corrected chi connectivity index (χ3v) is 4.02. The highest BCUT2D eigenvalue weighted by atomic mass is 16.4. The highest BCUT2D eigenvalue weighted by Crippen LogP contribution is 2.35. The molecule has 0 amide bonds. The van der Waals surface area contributed by atoms with Gasteiger partial charge in [0.1, 0.15) is 6.26 Å². The zero-order valence-electron chi connectivity index (χ0n) is 13.0. The lowest BCUT2D eigenvalue weighted by molar-refractivity contribution is 0.0699. The number of aromatic carboxylic acids is 1. The molecule has 0 fully saturated rings. The standard InChI is InChI=1S/C19H13N3O3/c20-16-6-3-11(18-22-8-9-25-18)10-15(16)12-4-5-14(19(23)24)17-13(12)2-1-7-21-17/h1-10H,20H2,(H,23,24). The van der Waals surface area contributed by atoms with Crippen molar-refractivity contribution in [2.45, 2.75) is 0 Å². The lowest BCUT2D eigenvalue weighted by atomic mass is 9.95. The number of benzene rings is 2. The molecule has 3 N–H and O–H groups in total. The minimum atomic E-state index is -1.02. The fourth-order valence-electron chi connectivity index (χ4n) is 2.87. The Morgan fingerprint density at radius 3 is 2.68 bits per heavy atom. The predicted octanol–water partition coefficient (Wildman–Crippen LogP) is 3.84. The van der Waals surface area contributed by atoms with Crippen LogP contribution < -0.4 is 5.73 Å². The van der Waals surface area contributed by atoms with Gasteiger partial charge in [0.2, 0.25) is 5.89 Å². The molecule has 2 aromatic heterocycles. The van der Waals surface area contributed by atoms with Crippen LogP contribution in [0.3, 0.4) is 0 Å². The number of hydrogen-bond donors (Lipinski definition) is 2. The maximum Gasteiger partial charge on any atom is 0.337 e. The molecular formula is C19H13N3O3. The third kappa shape index (κ3) is 2.49. The second-order valence-electron chi connectivity index (χ2n) is 5.50. The number of nitrogens with zero attached hydrogens (tertiary/aromatic N) is 2. The summed E-state index contributed by atoms with van der Waals surface area (Å²) in [5.41, 5.74) is 9.69. The first-order valence-corrected chi connectivity index (χ1v) is 7.56. The SMILES string of the molecule is Nc1ccc(-c2ncco2)cc1-c1ccc(C(=O)O)c2ncccc12. The lowest BCUT2D eigenvalue weighted by Gasteiger charge is -2.12. The summed E-state index contributed by atoms with van der Waals surface area (Å²) in [5.74, 6) is -0.525. The molecule has 0 saturated carbocycles. The van der Waals surface area contributed by atoms with Crippen molar-refractivity contribution in [1.82, 2.24) is 9.97 Å². The van der Waals surface area contributed by atoms with Crippen molar-refractivity contribution in [2.24, 2.45) is 0 Å². The highest BCUT2D eigenvalue weighted by molar-refractivity contribution is 6.07. The van der Waals surface area contributed by atoms with Gasteiger partial charge in [0.25, 0.3) is 0 Å². The molecule has 0 radical (unpaired) electrons. The van der Waals surface area contributed by atoms with Gasteiger partial charge in [0, 0.05) is 28.4 Å². The number of nitrogen functional groups attached to an aromatic ring is 1. The zero-order valence-corrected chi connectivity index (χ0v) is 13.0. The van der Waals surface area contributed by atoms with Crippen molar-refractivity contribution >= 4 is 22.6 Å². The van der Waals surface area contributed by atoms with Crippen LogP contribution in [0.2, 0.25) is 0 Å². The zero-order chi connectivity index (χ0) is 17.4. The van der Waals surface area contributed by atoms with Crippen LogP contribution in [0.5, 0.6) is 0 Å². The fraction of sp³-hybridized carbons (Fsp3) is 0. The average Bonchev–Trinajstić information content (AvgIpc) is 3.16. The summed E-state index contributed by atoms with van der Waals surface area (Å²) in [6.07, 6.45) is 4.66. The first-order chi connectivity index (χ1) is 12.1. The summed E-state index contributed by atoms with van der Waals surface area (Å²) in [7, 11) is 0. The number of nitrogens with two attached hydrogens (primary N) is 1. The molecule has 0 spiro atoms. The molecule has 0 bridgehead atoms. The number of pyridine rings is 1. The minimum absolute atomic E-state index is 0.154.